The predicted molar refractivity (Wildman–Crippen MR) is 142 cm³/mol. The Morgan fingerprint density at radius 2 is 1.83 bits per heavy atom. The van der Waals surface area contributed by atoms with Crippen molar-refractivity contribution in [2.24, 2.45) is 0 Å². The third-order valence-corrected chi connectivity index (χ3v) is 6.98. The number of anilines is 1. The number of carbonyl (C=O) groups excluding carboxylic acids is 2. The molecule has 9 heteroatoms. The van der Waals surface area contributed by atoms with Gasteiger partial charge in [-0.25, -0.2) is 0 Å². The highest BCUT2D eigenvalue weighted by Crippen LogP contribution is 2.37. The van der Waals surface area contributed by atoms with Crippen LogP contribution in [0.3, 0.4) is 0 Å². The molecule has 0 N–H and O–H groups in total. The Labute approximate surface area is 215 Å². The molecule has 0 spiro atoms. The number of hydrogen-bond acceptors (Lipinski definition) is 7. The third-order valence-electron chi connectivity index (χ3n) is 5.68. The monoisotopic (exact) mass is 512 g/mol. The number of rotatable bonds is 8. The predicted octanol–water partition coefficient (Wildman–Crippen LogP) is 4.29. The second-order valence-electron chi connectivity index (χ2n) is 7.96. The van der Waals surface area contributed by atoms with Crippen molar-refractivity contribution in [1.29, 1.82) is 0 Å². The van der Waals surface area contributed by atoms with Gasteiger partial charge in [0.1, 0.15) is 0 Å². The summed E-state index contributed by atoms with van der Waals surface area (Å²) in [4.78, 5) is 29.4. The highest BCUT2D eigenvalue weighted by molar-refractivity contribution is 8.27. The molecule has 4 rings (SSSR count). The number of thioether (sulfide) groups is 1. The van der Waals surface area contributed by atoms with Crippen molar-refractivity contribution in [2.45, 2.75) is 20.3 Å². The molecule has 2 heterocycles. The number of thiocarbonyl (C=S) groups is 1. The standard InChI is InChI=1S/C26H28N2O5S2/c1-3-18-5-8-20(9-6-18)28-25(30)23(35-26(28)34)16-19-7-10-21(22(15-19)32-4-2)33-17-24(29)27-11-13-31-14-12-27/h5-10,15-16H,3-4,11-14,17H2,1-2H3/b23-16-. The van der Waals surface area contributed by atoms with Crippen molar-refractivity contribution in [1.82, 2.24) is 4.90 Å². The van der Waals surface area contributed by atoms with Gasteiger partial charge in [-0.3, -0.25) is 14.5 Å². The summed E-state index contributed by atoms with van der Waals surface area (Å²) in [5.74, 6) is 0.755. The van der Waals surface area contributed by atoms with E-state index in [-0.39, 0.29) is 18.4 Å². The van der Waals surface area contributed by atoms with Crippen LogP contribution in [0.5, 0.6) is 11.5 Å². The molecule has 0 bridgehead atoms. The Bertz CT molecular complexity index is 1130. The summed E-state index contributed by atoms with van der Waals surface area (Å²) < 4.78 is 17.3. The summed E-state index contributed by atoms with van der Waals surface area (Å²) in [6.45, 7) is 6.56. The van der Waals surface area contributed by atoms with E-state index in [1.165, 1.54) is 17.3 Å². The first-order valence-electron chi connectivity index (χ1n) is 11.6. The van der Waals surface area contributed by atoms with Crippen LogP contribution in [0.15, 0.2) is 47.4 Å². The normalized spacial score (nSPS) is 17.3. The van der Waals surface area contributed by atoms with Gasteiger partial charge in [-0.15, -0.1) is 0 Å². The smallest absolute Gasteiger partial charge is 0.270 e. The van der Waals surface area contributed by atoms with Gasteiger partial charge in [0.2, 0.25) is 0 Å². The van der Waals surface area contributed by atoms with Crippen molar-refractivity contribution in [3.8, 4) is 11.5 Å². The van der Waals surface area contributed by atoms with Gasteiger partial charge in [0.05, 0.1) is 30.4 Å². The maximum Gasteiger partial charge on any atom is 0.270 e. The highest BCUT2D eigenvalue weighted by Gasteiger charge is 2.33. The molecule has 0 aromatic heterocycles. The SMILES string of the molecule is CCOc1cc(/C=C2\SC(=S)N(c3ccc(CC)cc3)C2=O)ccc1OCC(=O)N1CCOCC1. The van der Waals surface area contributed by atoms with E-state index in [0.717, 1.165) is 17.7 Å². The zero-order valence-electron chi connectivity index (χ0n) is 19.8. The van der Waals surface area contributed by atoms with Crippen molar-refractivity contribution in [3.63, 3.8) is 0 Å². The van der Waals surface area contributed by atoms with E-state index in [9.17, 15) is 9.59 Å². The van der Waals surface area contributed by atoms with E-state index in [1.807, 2.05) is 37.3 Å². The second kappa shape index (κ2) is 11.7. The van der Waals surface area contributed by atoms with Crippen LogP contribution < -0.4 is 14.4 Å². The van der Waals surface area contributed by atoms with Crippen LogP contribution in [0.4, 0.5) is 5.69 Å². The van der Waals surface area contributed by atoms with Gasteiger partial charge < -0.3 is 19.1 Å². The molecule has 0 aliphatic carbocycles. The fraction of sp³-hybridized carbons (Fsp3) is 0.346. The topological polar surface area (TPSA) is 68.3 Å². The third kappa shape index (κ3) is 6.04. The first-order valence-corrected chi connectivity index (χ1v) is 12.8. The van der Waals surface area contributed by atoms with E-state index < -0.39 is 0 Å². The number of morpholine rings is 1. The zero-order chi connectivity index (χ0) is 24.8. The minimum atomic E-state index is -0.154. The number of amides is 2. The molecular formula is C26H28N2O5S2. The molecule has 2 aliphatic heterocycles. The second-order valence-corrected chi connectivity index (χ2v) is 9.63. The van der Waals surface area contributed by atoms with Crippen LogP contribution >= 0.6 is 24.0 Å². The number of benzene rings is 2. The number of ether oxygens (including phenoxy) is 3. The molecule has 2 aromatic carbocycles. The van der Waals surface area contributed by atoms with Crippen molar-refractivity contribution >= 4 is 51.9 Å². The van der Waals surface area contributed by atoms with Crippen LogP contribution in [0.2, 0.25) is 0 Å². The average Bonchev–Trinajstić information content (AvgIpc) is 3.16. The van der Waals surface area contributed by atoms with E-state index in [4.69, 9.17) is 26.4 Å². The minimum Gasteiger partial charge on any atom is -0.490 e. The zero-order valence-corrected chi connectivity index (χ0v) is 21.5. The summed E-state index contributed by atoms with van der Waals surface area (Å²) in [5, 5.41) is 0. The maximum atomic E-state index is 13.1. The number of aryl methyl sites for hydroxylation is 1. The molecule has 184 valence electrons. The molecule has 7 nitrogen and oxygen atoms in total. The van der Waals surface area contributed by atoms with Crippen LogP contribution in [0.25, 0.3) is 6.08 Å². The minimum absolute atomic E-state index is 0.0745. The molecule has 0 saturated carbocycles. The Kier molecular flexibility index (Phi) is 8.43. The maximum absolute atomic E-state index is 13.1. The lowest BCUT2D eigenvalue weighted by molar-refractivity contribution is -0.137. The summed E-state index contributed by atoms with van der Waals surface area (Å²) in [7, 11) is 0. The van der Waals surface area contributed by atoms with Crippen molar-refractivity contribution in [2.75, 3.05) is 44.4 Å². The molecular weight excluding hydrogens is 484 g/mol. The number of carbonyl (C=O) groups is 2. The number of hydrogen-bond donors (Lipinski definition) is 0. The van der Waals surface area contributed by atoms with Crippen molar-refractivity contribution < 1.29 is 23.8 Å². The molecule has 2 amide bonds. The van der Waals surface area contributed by atoms with E-state index in [2.05, 4.69) is 6.92 Å². The summed E-state index contributed by atoms with van der Waals surface area (Å²) in [6.07, 6.45) is 2.73. The Morgan fingerprint density at radius 3 is 2.51 bits per heavy atom. The van der Waals surface area contributed by atoms with Gasteiger partial charge in [-0.05, 0) is 54.8 Å². The van der Waals surface area contributed by atoms with E-state index in [1.54, 1.807) is 28.0 Å². The van der Waals surface area contributed by atoms with E-state index >= 15 is 0 Å². The molecule has 2 aromatic rings. The fourth-order valence-corrected chi connectivity index (χ4v) is 5.07. The molecule has 2 saturated heterocycles. The van der Waals surface area contributed by atoms with Crippen LogP contribution in [-0.4, -0.2) is 60.6 Å². The lowest BCUT2D eigenvalue weighted by Gasteiger charge is -2.26. The van der Waals surface area contributed by atoms with Gasteiger partial charge in [-0.1, -0.05) is 49.1 Å². The quantitative estimate of drug-likeness (QED) is 0.386. The largest absolute Gasteiger partial charge is 0.490 e. The Hall–Kier alpha value is -2.88. The molecule has 2 aliphatic rings. The van der Waals surface area contributed by atoms with Crippen LogP contribution in [0.1, 0.15) is 25.0 Å². The van der Waals surface area contributed by atoms with Crippen molar-refractivity contribution in [3.05, 3.63) is 58.5 Å². The fourth-order valence-electron chi connectivity index (χ4n) is 3.77. The lowest BCUT2D eigenvalue weighted by atomic mass is 10.1. The lowest BCUT2D eigenvalue weighted by Crippen LogP contribution is -2.43. The van der Waals surface area contributed by atoms with Gasteiger partial charge in [0, 0.05) is 13.1 Å². The van der Waals surface area contributed by atoms with E-state index in [0.29, 0.717) is 53.6 Å². The molecule has 0 atom stereocenters. The first-order chi connectivity index (χ1) is 17.0. The molecule has 0 radical (unpaired) electrons. The van der Waals surface area contributed by atoms with Gasteiger partial charge >= 0.3 is 0 Å². The van der Waals surface area contributed by atoms with Gasteiger partial charge in [-0.2, -0.15) is 0 Å². The van der Waals surface area contributed by atoms with Gasteiger partial charge in [0.25, 0.3) is 11.8 Å². The summed E-state index contributed by atoms with van der Waals surface area (Å²) in [6, 6.07) is 13.3. The first kappa shape index (κ1) is 25.2. The van der Waals surface area contributed by atoms with Crippen LogP contribution in [0, 0.1) is 0 Å². The Morgan fingerprint density at radius 1 is 1.09 bits per heavy atom. The van der Waals surface area contributed by atoms with Crippen LogP contribution in [-0.2, 0) is 20.7 Å². The molecule has 35 heavy (non-hydrogen) atoms. The van der Waals surface area contributed by atoms with Gasteiger partial charge in [0.15, 0.2) is 22.4 Å². The average molecular weight is 513 g/mol. The highest BCUT2D eigenvalue weighted by atomic mass is 32.2. The summed E-state index contributed by atoms with van der Waals surface area (Å²) >= 11 is 6.77. The molecule has 0 unspecified atom stereocenters. The summed E-state index contributed by atoms with van der Waals surface area (Å²) in [5.41, 5.74) is 2.74. The molecule has 2 fully saturated rings. The number of nitrogens with zero attached hydrogens (tertiary/aromatic N) is 2. The Balaban J connectivity index is 1.48.